The van der Waals surface area contributed by atoms with E-state index in [1.165, 1.54) is 11.3 Å². The van der Waals surface area contributed by atoms with Crippen molar-refractivity contribution < 1.29 is 23.4 Å². The fourth-order valence-electron chi connectivity index (χ4n) is 2.60. The molecule has 0 aliphatic carbocycles. The molecule has 0 radical (unpaired) electrons. The number of aliphatic carboxylic acids is 1. The van der Waals surface area contributed by atoms with E-state index in [2.05, 4.69) is 15.0 Å². The van der Waals surface area contributed by atoms with Gasteiger partial charge in [0, 0.05) is 16.5 Å². The number of carbonyl (C=O) groups is 1. The molecule has 1 heterocycles. The standard InChI is InChI=1S/C20H18ClF2N3O3S2/c21-13-3-4-16(12(6-13)2-1-5-24-9-20(27)28)29-17-7-15(23)18(8-14(17)22)31-26-19-10-30-11-25-19/h3-4,6-8,10-11,24,26H,1-2,5,9H2,(H,27,28). The molecule has 0 amide bonds. The Hall–Kier alpha value is -2.40. The zero-order valence-electron chi connectivity index (χ0n) is 16.0. The predicted octanol–water partition coefficient (Wildman–Crippen LogP) is 5.59. The van der Waals surface area contributed by atoms with Crippen molar-refractivity contribution in [3.05, 3.63) is 63.4 Å². The summed E-state index contributed by atoms with van der Waals surface area (Å²) in [6.45, 7) is 0.338. The molecule has 0 saturated carbocycles. The number of hydrogen-bond donors (Lipinski definition) is 3. The molecule has 3 aromatic rings. The molecule has 0 aliphatic heterocycles. The number of carboxylic acid groups (broad SMARTS) is 1. The number of anilines is 1. The van der Waals surface area contributed by atoms with Crippen LogP contribution in [0.25, 0.3) is 0 Å². The Labute approximate surface area is 190 Å². The number of halogens is 3. The lowest BCUT2D eigenvalue weighted by Gasteiger charge is -2.14. The molecule has 31 heavy (non-hydrogen) atoms. The Kier molecular flexibility index (Phi) is 8.47. The average molecular weight is 486 g/mol. The first kappa shape index (κ1) is 23.3. The molecule has 2 aromatic carbocycles. The quantitative estimate of drug-likeness (QED) is 0.241. The summed E-state index contributed by atoms with van der Waals surface area (Å²) in [4.78, 5) is 14.6. The lowest BCUT2D eigenvalue weighted by Crippen LogP contribution is -2.23. The maximum Gasteiger partial charge on any atom is 0.317 e. The molecule has 0 unspecified atom stereocenters. The Morgan fingerprint density at radius 3 is 2.81 bits per heavy atom. The van der Waals surface area contributed by atoms with Gasteiger partial charge in [-0.1, -0.05) is 11.6 Å². The van der Waals surface area contributed by atoms with Crippen molar-refractivity contribution in [1.29, 1.82) is 0 Å². The van der Waals surface area contributed by atoms with Crippen LogP contribution in [0, 0.1) is 11.6 Å². The Morgan fingerprint density at radius 1 is 1.23 bits per heavy atom. The van der Waals surface area contributed by atoms with E-state index < -0.39 is 17.6 Å². The lowest BCUT2D eigenvalue weighted by atomic mass is 10.1. The van der Waals surface area contributed by atoms with Gasteiger partial charge in [0.1, 0.15) is 17.4 Å². The number of nitrogens with one attached hydrogen (secondary N) is 2. The molecule has 0 aliphatic rings. The van der Waals surface area contributed by atoms with Crippen molar-refractivity contribution in [2.45, 2.75) is 17.7 Å². The number of aromatic nitrogens is 1. The topological polar surface area (TPSA) is 83.5 Å². The van der Waals surface area contributed by atoms with Crippen LogP contribution in [0.2, 0.25) is 5.02 Å². The van der Waals surface area contributed by atoms with Gasteiger partial charge in [0.2, 0.25) is 0 Å². The summed E-state index contributed by atoms with van der Waals surface area (Å²) in [7, 11) is 0. The average Bonchev–Trinajstić information content (AvgIpc) is 3.24. The number of nitrogens with zero attached hydrogens (tertiary/aromatic N) is 1. The first-order valence-electron chi connectivity index (χ1n) is 9.11. The third-order valence-corrected chi connectivity index (χ3v) is 5.67. The minimum Gasteiger partial charge on any atom is -0.480 e. The van der Waals surface area contributed by atoms with Crippen molar-refractivity contribution in [3.63, 3.8) is 0 Å². The Balaban J connectivity index is 1.68. The third-order valence-electron chi connectivity index (χ3n) is 4.00. The summed E-state index contributed by atoms with van der Waals surface area (Å²) < 4.78 is 37.6. The van der Waals surface area contributed by atoms with Crippen molar-refractivity contribution in [2.75, 3.05) is 17.8 Å². The van der Waals surface area contributed by atoms with E-state index in [1.54, 1.807) is 29.1 Å². The van der Waals surface area contributed by atoms with E-state index in [4.69, 9.17) is 21.4 Å². The number of benzene rings is 2. The first-order chi connectivity index (χ1) is 14.9. The Morgan fingerprint density at radius 2 is 2.06 bits per heavy atom. The second kappa shape index (κ2) is 11.3. The summed E-state index contributed by atoms with van der Waals surface area (Å²) in [5.41, 5.74) is 2.33. The number of hydrogen-bond acceptors (Lipinski definition) is 7. The second-order valence-electron chi connectivity index (χ2n) is 6.32. The minimum absolute atomic E-state index is 0.0682. The number of carboxylic acids is 1. The monoisotopic (exact) mass is 485 g/mol. The highest BCUT2D eigenvalue weighted by Crippen LogP contribution is 2.34. The molecule has 0 fully saturated rings. The molecule has 3 N–H and O–H groups in total. The fraction of sp³-hybridized carbons (Fsp3) is 0.200. The van der Waals surface area contributed by atoms with Gasteiger partial charge in [-0.3, -0.25) is 4.79 Å². The summed E-state index contributed by atoms with van der Waals surface area (Å²) in [5.74, 6) is -1.64. The van der Waals surface area contributed by atoms with Crippen LogP contribution < -0.4 is 14.8 Å². The number of thiazole rings is 1. The summed E-state index contributed by atoms with van der Waals surface area (Å²) in [5, 5.41) is 13.7. The van der Waals surface area contributed by atoms with Gasteiger partial charge in [0.05, 0.1) is 17.0 Å². The third kappa shape index (κ3) is 7.06. The van der Waals surface area contributed by atoms with Crippen LogP contribution in [-0.4, -0.2) is 29.1 Å². The molecule has 0 spiro atoms. The highest BCUT2D eigenvalue weighted by atomic mass is 35.5. The predicted molar refractivity (Wildman–Crippen MR) is 118 cm³/mol. The van der Waals surface area contributed by atoms with Gasteiger partial charge < -0.3 is 19.9 Å². The second-order valence-corrected chi connectivity index (χ2v) is 8.32. The Bertz CT molecular complexity index is 1040. The maximum absolute atomic E-state index is 14.6. The highest BCUT2D eigenvalue weighted by Gasteiger charge is 2.15. The molecule has 6 nitrogen and oxygen atoms in total. The SMILES string of the molecule is O=C(O)CNCCCc1cc(Cl)ccc1Oc1cc(F)c(SNc2cscn2)cc1F. The van der Waals surface area contributed by atoms with Crippen LogP contribution in [0.4, 0.5) is 14.6 Å². The van der Waals surface area contributed by atoms with Gasteiger partial charge in [-0.15, -0.1) is 11.3 Å². The lowest BCUT2D eigenvalue weighted by molar-refractivity contribution is -0.135. The van der Waals surface area contributed by atoms with Gasteiger partial charge >= 0.3 is 5.97 Å². The van der Waals surface area contributed by atoms with Gasteiger partial charge in [0.25, 0.3) is 0 Å². The van der Waals surface area contributed by atoms with Gasteiger partial charge in [-0.25, -0.2) is 13.8 Å². The molecular formula is C20H18ClF2N3O3S2. The molecule has 1 aromatic heterocycles. The van der Waals surface area contributed by atoms with Crippen LogP contribution >= 0.6 is 34.9 Å². The summed E-state index contributed by atoms with van der Waals surface area (Å²) in [6, 6.07) is 6.92. The summed E-state index contributed by atoms with van der Waals surface area (Å²) >= 11 is 8.36. The summed E-state index contributed by atoms with van der Waals surface area (Å²) in [6.07, 6.45) is 1.12. The van der Waals surface area contributed by atoms with E-state index in [-0.39, 0.29) is 17.2 Å². The van der Waals surface area contributed by atoms with Crippen molar-refractivity contribution in [1.82, 2.24) is 10.3 Å². The minimum atomic E-state index is -0.937. The largest absolute Gasteiger partial charge is 0.480 e. The zero-order chi connectivity index (χ0) is 22.2. The van der Waals surface area contributed by atoms with Crippen molar-refractivity contribution >= 4 is 46.7 Å². The van der Waals surface area contributed by atoms with Gasteiger partial charge in [-0.05, 0) is 61.2 Å². The van der Waals surface area contributed by atoms with E-state index in [0.717, 1.165) is 24.1 Å². The van der Waals surface area contributed by atoms with E-state index in [1.807, 2.05) is 0 Å². The van der Waals surface area contributed by atoms with Gasteiger partial charge in [0.15, 0.2) is 11.6 Å². The van der Waals surface area contributed by atoms with Crippen molar-refractivity contribution in [2.24, 2.45) is 0 Å². The normalized spacial score (nSPS) is 10.8. The molecule has 0 atom stereocenters. The van der Waals surface area contributed by atoms with Crippen LogP contribution in [0.3, 0.4) is 0 Å². The highest BCUT2D eigenvalue weighted by molar-refractivity contribution is 8.00. The fourth-order valence-corrected chi connectivity index (χ4v) is 4.00. The van der Waals surface area contributed by atoms with Crippen LogP contribution in [0.5, 0.6) is 11.5 Å². The molecule has 164 valence electrons. The molecule has 3 rings (SSSR count). The molecular weight excluding hydrogens is 468 g/mol. The number of ether oxygens (including phenoxy) is 1. The smallest absolute Gasteiger partial charge is 0.317 e. The van der Waals surface area contributed by atoms with Gasteiger partial charge in [-0.2, -0.15) is 0 Å². The molecule has 0 saturated heterocycles. The van der Waals surface area contributed by atoms with Crippen molar-refractivity contribution in [3.8, 4) is 11.5 Å². The van der Waals surface area contributed by atoms with Crippen LogP contribution in [0.1, 0.15) is 12.0 Å². The zero-order valence-corrected chi connectivity index (χ0v) is 18.4. The maximum atomic E-state index is 14.6. The molecule has 11 heteroatoms. The number of aryl methyl sites for hydroxylation is 1. The first-order valence-corrected chi connectivity index (χ1v) is 11.2. The van der Waals surface area contributed by atoms with E-state index in [9.17, 15) is 13.6 Å². The van der Waals surface area contributed by atoms with E-state index >= 15 is 0 Å². The van der Waals surface area contributed by atoms with E-state index in [0.29, 0.717) is 41.5 Å². The van der Waals surface area contributed by atoms with Crippen LogP contribution in [0.15, 0.2) is 46.1 Å². The number of rotatable bonds is 11. The van der Waals surface area contributed by atoms with Crippen LogP contribution in [-0.2, 0) is 11.2 Å². The molecule has 0 bridgehead atoms.